The molecule has 1 unspecified atom stereocenters. The summed E-state index contributed by atoms with van der Waals surface area (Å²) in [6, 6.07) is 7.67. The van der Waals surface area contributed by atoms with Gasteiger partial charge in [-0.1, -0.05) is 43.0 Å². The first-order valence-electron chi connectivity index (χ1n) is 7.71. The van der Waals surface area contributed by atoms with Crippen molar-refractivity contribution >= 4 is 17.5 Å². The van der Waals surface area contributed by atoms with Crippen LogP contribution in [0.15, 0.2) is 24.3 Å². The van der Waals surface area contributed by atoms with E-state index in [-0.39, 0.29) is 17.5 Å². The van der Waals surface area contributed by atoms with Gasteiger partial charge in [-0.25, -0.2) is 0 Å². The van der Waals surface area contributed by atoms with Crippen LogP contribution in [0.25, 0.3) is 0 Å². The van der Waals surface area contributed by atoms with Gasteiger partial charge in [-0.2, -0.15) is 0 Å². The first-order valence-corrected chi connectivity index (χ1v) is 8.09. The van der Waals surface area contributed by atoms with E-state index in [0.29, 0.717) is 11.4 Å². The molecule has 2 N–H and O–H groups in total. The average Bonchev–Trinajstić information content (AvgIpc) is 2.46. The Morgan fingerprint density at radius 2 is 2.05 bits per heavy atom. The zero-order chi connectivity index (χ0) is 15.5. The van der Waals surface area contributed by atoms with Gasteiger partial charge < -0.3 is 10.6 Å². The van der Waals surface area contributed by atoms with Crippen LogP contribution in [-0.2, 0) is 4.79 Å². The molecule has 0 aromatic heterocycles. The van der Waals surface area contributed by atoms with Crippen molar-refractivity contribution in [1.29, 1.82) is 0 Å². The third-order valence-corrected chi connectivity index (χ3v) is 4.89. The Kier molecular flexibility index (Phi) is 5.28. The number of hydrogen-bond acceptors (Lipinski definition) is 2. The summed E-state index contributed by atoms with van der Waals surface area (Å²) in [5.74, 6) is 0.117. The molecule has 0 heterocycles. The predicted octanol–water partition coefficient (Wildman–Crippen LogP) is 3.91. The SMILES string of the molecule is CC(c1cccc(Cl)c1)N(C)C(=O)CC1(N)CCCCC1. The lowest BCUT2D eigenvalue weighted by Crippen LogP contribution is -2.46. The van der Waals surface area contributed by atoms with Gasteiger partial charge in [-0.3, -0.25) is 4.79 Å². The molecule has 0 spiro atoms. The van der Waals surface area contributed by atoms with Gasteiger partial charge in [0.05, 0.1) is 6.04 Å². The maximum Gasteiger partial charge on any atom is 0.224 e. The summed E-state index contributed by atoms with van der Waals surface area (Å²) in [4.78, 5) is 14.3. The summed E-state index contributed by atoms with van der Waals surface area (Å²) < 4.78 is 0. The van der Waals surface area contributed by atoms with Crippen molar-refractivity contribution in [2.24, 2.45) is 5.73 Å². The second-order valence-corrected chi connectivity index (χ2v) is 6.77. The fraction of sp³-hybridized carbons (Fsp3) is 0.588. The first-order chi connectivity index (χ1) is 9.91. The van der Waals surface area contributed by atoms with E-state index in [4.69, 9.17) is 17.3 Å². The molecule has 1 aromatic rings. The number of amides is 1. The predicted molar refractivity (Wildman–Crippen MR) is 87.3 cm³/mol. The molecule has 0 radical (unpaired) electrons. The molecular formula is C17H25ClN2O. The van der Waals surface area contributed by atoms with E-state index in [2.05, 4.69) is 0 Å². The molecule has 1 aliphatic rings. The van der Waals surface area contributed by atoms with Crippen LogP contribution in [0.5, 0.6) is 0 Å². The molecule has 1 saturated carbocycles. The van der Waals surface area contributed by atoms with E-state index < -0.39 is 0 Å². The van der Waals surface area contributed by atoms with Gasteiger partial charge in [0.1, 0.15) is 0 Å². The number of nitrogens with two attached hydrogens (primary N) is 1. The third-order valence-electron chi connectivity index (χ3n) is 4.66. The molecule has 1 fully saturated rings. The Morgan fingerprint density at radius 1 is 1.38 bits per heavy atom. The van der Waals surface area contributed by atoms with Crippen molar-refractivity contribution in [3.8, 4) is 0 Å². The summed E-state index contributed by atoms with van der Waals surface area (Å²) in [7, 11) is 1.85. The highest BCUT2D eigenvalue weighted by atomic mass is 35.5. The van der Waals surface area contributed by atoms with E-state index in [0.717, 1.165) is 31.2 Å². The molecule has 4 heteroatoms. The molecule has 0 saturated heterocycles. The zero-order valence-electron chi connectivity index (χ0n) is 12.9. The Morgan fingerprint density at radius 3 is 2.67 bits per heavy atom. The zero-order valence-corrected chi connectivity index (χ0v) is 13.7. The molecule has 3 nitrogen and oxygen atoms in total. The standard InChI is InChI=1S/C17H25ClN2O/c1-13(14-7-6-8-15(18)11-14)20(2)16(21)12-17(19)9-4-3-5-10-17/h6-8,11,13H,3-5,9-10,12,19H2,1-2H3. The molecule has 1 aliphatic carbocycles. The van der Waals surface area contributed by atoms with Crippen LogP contribution in [0.4, 0.5) is 0 Å². The van der Waals surface area contributed by atoms with Crippen molar-refractivity contribution in [2.75, 3.05) is 7.05 Å². The maximum atomic E-state index is 12.5. The fourth-order valence-electron chi connectivity index (χ4n) is 3.06. The smallest absolute Gasteiger partial charge is 0.224 e. The van der Waals surface area contributed by atoms with Gasteiger partial charge >= 0.3 is 0 Å². The third kappa shape index (κ3) is 4.21. The summed E-state index contributed by atoms with van der Waals surface area (Å²) in [6.07, 6.45) is 5.86. The number of benzene rings is 1. The van der Waals surface area contributed by atoms with Crippen LogP contribution >= 0.6 is 11.6 Å². The minimum Gasteiger partial charge on any atom is -0.339 e. The fourth-order valence-corrected chi connectivity index (χ4v) is 3.26. The lowest BCUT2D eigenvalue weighted by atomic mass is 9.80. The molecule has 1 aromatic carbocycles. The van der Waals surface area contributed by atoms with Gasteiger partial charge in [0.25, 0.3) is 0 Å². The monoisotopic (exact) mass is 308 g/mol. The number of halogens is 1. The second-order valence-electron chi connectivity index (χ2n) is 6.34. The number of carbonyl (C=O) groups excluding carboxylic acids is 1. The highest BCUT2D eigenvalue weighted by Gasteiger charge is 2.32. The molecule has 116 valence electrons. The molecule has 1 amide bonds. The second kappa shape index (κ2) is 6.80. The van der Waals surface area contributed by atoms with Gasteiger partial charge in [0.15, 0.2) is 0 Å². The van der Waals surface area contributed by atoms with Crippen LogP contribution < -0.4 is 5.73 Å². The minimum atomic E-state index is -0.308. The largest absolute Gasteiger partial charge is 0.339 e. The maximum absolute atomic E-state index is 12.5. The molecule has 2 rings (SSSR count). The Bertz CT molecular complexity index is 497. The summed E-state index contributed by atoms with van der Waals surface area (Å²) in [5, 5.41) is 0.697. The average molecular weight is 309 g/mol. The molecule has 1 atom stereocenters. The van der Waals surface area contributed by atoms with Gasteiger partial charge in [0, 0.05) is 24.0 Å². The van der Waals surface area contributed by atoms with Gasteiger partial charge in [0.2, 0.25) is 5.91 Å². The highest BCUT2D eigenvalue weighted by Crippen LogP contribution is 2.30. The van der Waals surface area contributed by atoms with E-state index >= 15 is 0 Å². The van der Waals surface area contributed by atoms with Crippen molar-refractivity contribution in [3.05, 3.63) is 34.9 Å². The quantitative estimate of drug-likeness (QED) is 0.916. The van der Waals surface area contributed by atoms with Crippen molar-refractivity contribution < 1.29 is 4.79 Å². The van der Waals surface area contributed by atoms with E-state index in [1.54, 1.807) is 4.90 Å². The van der Waals surface area contributed by atoms with E-state index in [1.807, 2.05) is 38.2 Å². The van der Waals surface area contributed by atoms with E-state index in [9.17, 15) is 4.79 Å². The van der Waals surface area contributed by atoms with E-state index in [1.165, 1.54) is 6.42 Å². The lowest BCUT2D eigenvalue weighted by molar-refractivity contribution is -0.133. The number of rotatable bonds is 4. The van der Waals surface area contributed by atoms with Crippen LogP contribution in [0.2, 0.25) is 5.02 Å². The Hall–Kier alpha value is -1.06. The normalized spacial score (nSPS) is 19.0. The Labute approximate surface area is 132 Å². The van der Waals surface area contributed by atoms with Crippen molar-refractivity contribution in [3.63, 3.8) is 0 Å². The summed E-state index contributed by atoms with van der Waals surface area (Å²) in [6.45, 7) is 2.02. The van der Waals surface area contributed by atoms with Gasteiger partial charge in [-0.15, -0.1) is 0 Å². The Balaban J connectivity index is 2.01. The van der Waals surface area contributed by atoms with Crippen LogP contribution in [-0.4, -0.2) is 23.4 Å². The molecule has 21 heavy (non-hydrogen) atoms. The molecular weight excluding hydrogens is 284 g/mol. The number of carbonyl (C=O) groups is 1. The molecule has 0 aliphatic heterocycles. The topological polar surface area (TPSA) is 46.3 Å². The summed E-state index contributed by atoms with van der Waals surface area (Å²) >= 11 is 6.03. The van der Waals surface area contributed by atoms with Gasteiger partial charge in [-0.05, 0) is 37.5 Å². The van der Waals surface area contributed by atoms with Crippen LogP contribution in [0.3, 0.4) is 0 Å². The van der Waals surface area contributed by atoms with Crippen LogP contribution in [0.1, 0.15) is 57.1 Å². The number of nitrogens with zero attached hydrogens (tertiary/aromatic N) is 1. The van der Waals surface area contributed by atoms with Crippen LogP contribution in [0, 0.1) is 0 Å². The number of hydrogen-bond donors (Lipinski definition) is 1. The summed E-state index contributed by atoms with van der Waals surface area (Å²) in [5.41, 5.74) is 7.13. The van der Waals surface area contributed by atoms with Crippen molar-refractivity contribution in [2.45, 2.75) is 57.0 Å². The highest BCUT2D eigenvalue weighted by molar-refractivity contribution is 6.30. The first kappa shape index (κ1) is 16.3. The molecule has 0 bridgehead atoms. The van der Waals surface area contributed by atoms with Crippen molar-refractivity contribution in [1.82, 2.24) is 4.90 Å². The lowest BCUT2D eigenvalue weighted by Gasteiger charge is -2.35. The minimum absolute atomic E-state index is 0.00314.